The summed E-state index contributed by atoms with van der Waals surface area (Å²) in [6, 6.07) is 6.63. The Morgan fingerprint density at radius 3 is 2.47 bits per heavy atom. The van der Waals surface area contributed by atoms with Crippen LogP contribution < -0.4 is 5.73 Å². The highest BCUT2D eigenvalue weighted by Crippen LogP contribution is 2.45. The van der Waals surface area contributed by atoms with Crippen molar-refractivity contribution in [1.82, 2.24) is 0 Å². The van der Waals surface area contributed by atoms with Crippen LogP contribution in [0.2, 0.25) is 0 Å². The monoisotopic (exact) mass is 207 g/mol. The first kappa shape index (κ1) is 10.6. The Hall–Kier alpha value is -0.890. The summed E-state index contributed by atoms with van der Waals surface area (Å²) in [6.07, 6.45) is 4.59. The van der Waals surface area contributed by atoms with E-state index in [0.717, 1.165) is 24.3 Å². The molecule has 0 bridgehead atoms. The first-order valence-electron chi connectivity index (χ1n) is 5.69. The molecule has 0 spiro atoms. The first-order valence-corrected chi connectivity index (χ1v) is 5.69. The van der Waals surface area contributed by atoms with Gasteiger partial charge in [-0.15, -0.1) is 0 Å². The number of halogens is 1. The van der Waals surface area contributed by atoms with Gasteiger partial charge in [-0.2, -0.15) is 0 Å². The fourth-order valence-corrected chi connectivity index (χ4v) is 2.60. The first-order chi connectivity index (χ1) is 7.14. The molecule has 15 heavy (non-hydrogen) atoms. The normalized spacial score (nSPS) is 29.9. The standard InChI is InChI=1S/C13H18FN/c1-2-3-10-8-13(15,9-10)11-4-6-12(14)7-5-11/h4-7,10H,2-3,8-9,15H2,1H3. The Bertz CT molecular complexity index is 325. The molecule has 0 heterocycles. The van der Waals surface area contributed by atoms with E-state index in [0.29, 0.717) is 0 Å². The van der Waals surface area contributed by atoms with E-state index in [1.165, 1.54) is 25.0 Å². The summed E-state index contributed by atoms with van der Waals surface area (Å²) in [7, 11) is 0. The minimum absolute atomic E-state index is 0.187. The molecule has 82 valence electrons. The largest absolute Gasteiger partial charge is 0.321 e. The molecule has 1 aliphatic carbocycles. The van der Waals surface area contributed by atoms with Gasteiger partial charge in [-0.3, -0.25) is 0 Å². The van der Waals surface area contributed by atoms with Gasteiger partial charge in [0, 0.05) is 5.54 Å². The fourth-order valence-electron chi connectivity index (χ4n) is 2.60. The van der Waals surface area contributed by atoms with Crippen LogP contribution in [0.5, 0.6) is 0 Å². The summed E-state index contributed by atoms with van der Waals surface area (Å²) in [5, 5.41) is 0. The average Bonchev–Trinajstić information content (AvgIpc) is 2.16. The van der Waals surface area contributed by atoms with Gasteiger partial charge in [0.2, 0.25) is 0 Å². The minimum Gasteiger partial charge on any atom is -0.321 e. The quantitative estimate of drug-likeness (QED) is 0.809. The van der Waals surface area contributed by atoms with Gasteiger partial charge in [0.25, 0.3) is 0 Å². The highest BCUT2D eigenvalue weighted by Gasteiger charge is 2.41. The smallest absolute Gasteiger partial charge is 0.123 e. The lowest BCUT2D eigenvalue weighted by atomic mass is 9.64. The van der Waals surface area contributed by atoms with Crippen molar-refractivity contribution in [1.29, 1.82) is 0 Å². The van der Waals surface area contributed by atoms with E-state index in [1.54, 1.807) is 0 Å². The third-order valence-electron chi connectivity index (χ3n) is 3.42. The molecule has 0 saturated heterocycles. The number of benzene rings is 1. The Kier molecular flexibility index (Phi) is 2.79. The van der Waals surface area contributed by atoms with E-state index in [4.69, 9.17) is 5.73 Å². The zero-order chi connectivity index (χ0) is 10.9. The van der Waals surface area contributed by atoms with Gasteiger partial charge in [0.15, 0.2) is 0 Å². The lowest BCUT2D eigenvalue weighted by molar-refractivity contribution is 0.138. The highest BCUT2D eigenvalue weighted by atomic mass is 19.1. The molecule has 2 rings (SSSR count). The summed E-state index contributed by atoms with van der Waals surface area (Å²) in [6.45, 7) is 2.20. The molecule has 0 aromatic heterocycles. The number of nitrogens with two attached hydrogens (primary N) is 1. The maximum absolute atomic E-state index is 12.8. The molecule has 1 saturated carbocycles. The SMILES string of the molecule is CCCC1CC(N)(c2ccc(F)cc2)C1. The number of hydrogen-bond acceptors (Lipinski definition) is 1. The Labute approximate surface area is 90.5 Å². The van der Waals surface area contributed by atoms with Crippen molar-refractivity contribution >= 4 is 0 Å². The van der Waals surface area contributed by atoms with Gasteiger partial charge in [-0.25, -0.2) is 4.39 Å². The average molecular weight is 207 g/mol. The van der Waals surface area contributed by atoms with Crippen LogP contribution in [0.4, 0.5) is 4.39 Å². The van der Waals surface area contributed by atoms with Crippen LogP contribution in [0, 0.1) is 11.7 Å². The predicted molar refractivity (Wildman–Crippen MR) is 59.9 cm³/mol. The minimum atomic E-state index is -0.188. The van der Waals surface area contributed by atoms with E-state index in [9.17, 15) is 4.39 Å². The van der Waals surface area contributed by atoms with Crippen molar-refractivity contribution in [2.45, 2.75) is 38.1 Å². The summed E-state index contributed by atoms with van der Waals surface area (Å²) in [4.78, 5) is 0. The third kappa shape index (κ3) is 2.05. The van der Waals surface area contributed by atoms with Crippen molar-refractivity contribution in [3.8, 4) is 0 Å². The van der Waals surface area contributed by atoms with Gasteiger partial charge in [-0.1, -0.05) is 31.9 Å². The lowest BCUT2D eigenvalue weighted by Gasteiger charge is -2.45. The van der Waals surface area contributed by atoms with Gasteiger partial charge >= 0.3 is 0 Å². The molecule has 1 aromatic rings. The second-order valence-electron chi connectivity index (χ2n) is 4.73. The summed E-state index contributed by atoms with van der Waals surface area (Å²) in [5.74, 6) is 0.580. The van der Waals surface area contributed by atoms with Gasteiger partial charge < -0.3 is 5.73 Å². The molecule has 1 nitrogen and oxygen atoms in total. The van der Waals surface area contributed by atoms with E-state index >= 15 is 0 Å². The van der Waals surface area contributed by atoms with Crippen molar-refractivity contribution in [2.24, 2.45) is 11.7 Å². The lowest BCUT2D eigenvalue weighted by Crippen LogP contribution is -2.48. The third-order valence-corrected chi connectivity index (χ3v) is 3.42. The van der Waals surface area contributed by atoms with Crippen molar-refractivity contribution in [3.05, 3.63) is 35.6 Å². The van der Waals surface area contributed by atoms with Gasteiger partial charge in [-0.05, 0) is 36.5 Å². The Morgan fingerprint density at radius 2 is 1.93 bits per heavy atom. The van der Waals surface area contributed by atoms with Crippen LogP contribution in [-0.2, 0) is 5.54 Å². The molecular formula is C13H18FN. The zero-order valence-corrected chi connectivity index (χ0v) is 9.17. The van der Waals surface area contributed by atoms with Crippen LogP contribution in [0.15, 0.2) is 24.3 Å². The van der Waals surface area contributed by atoms with Gasteiger partial charge in [0.1, 0.15) is 5.82 Å². The Balaban J connectivity index is 2.03. The second-order valence-corrected chi connectivity index (χ2v) is 4.73. The summed E-state index contributed by atoms with van der Waals surface area (Å²) in [5.41, 5.74) is 7.17. The maximum Gasteiger partial charge on any atom is 0.123 e. The second kappa shape index (κ2) is 3.93. The molecule has 1 aromatic carbocycles. The predicted octanol–water partition coefficient (Wildman–Crippen LogP) is 3.19. The van der Waals surface area contributed by atoms with E-state index < -0.39 is 0 Å². The maximum atomic E-state index is 12.8. The van der Waals surface area contributed by atoms with Crippen molar-refractivity contribution in [2.75, 3.05) is 0 Å². The van der Waals surface area contributed by atoms with Gasteiger partial charge in [0.05, 0.1) is 0 Å². The molecule has 2 N–H and O–H groups in total. The van der Waals surface area contributed by atoms with E-state index in [1.807, 2.05) is 12.1 Å². The highest BCUT2D eigenvalue weighted by molar-refractivity contribution is 5.27. The van der Waals surface area contributed by atoms with Crippen LogP contribution in [0.3, 0.4) is 0 Å². The number of hydrogen-bond donors (Lipinski definition) is 1. The topological polar surface area (TPSA) is 26.0 Å². The van der Waals surface area contributed by atoms with Crippen molar-refractivity contribution in [3.63, 3.8) is 0 Å². The molecule has 0 radical (unpaired) electrons. The van der Waals surface area contributed by atoms with Crippen LogP contribution in [0.1, 0.15) is 38.2 Å². The molecule has 0 unspecified atom stereocenters. The van der Waals surface area contributed by atoms with E-state index in [-0.39, 0.29) is 11.4 Å². The van der Waals surface area contributed by atoms with Crippen LogP contribution in [-0.4, -0.2) is 0 Å². The van der Waals surface area contributed by atoms with Crippen molar-refractivity contribution < 1.29 is 4.39 Å². The molecule has 2 heteroatoms. The fraction of sp³-hybridized carbons (Fsp3) is 0.538. The summed E-state index contributed by atoms with van der Waals surface area (Å²) >= 11 is 0. The molecule has 1 aliphatic rings. The number of rotatable bonds is 3. The zero-order valence-electron chi connectivity index (χ0n) is 9.17. The molecule has 0 atom stereocenters. The molecule has 1 fully saturated rings. The van der Waals surface area contributed by atoms with E-state index in [2.05, 4.69) is 6.92 Å². The summed E-state index contributed by atoms with van der Waals surface area (Å²) < 4.78 is 12.8. The molecule has 0 amide bonds. The molecular weight excluding hydrogens is 189 g/mol. The van der Waals surface area contributed by atoms with Crippen LogP contribution >= 0.6 is 0 Å². The molecule has 0 aliphatic heterocycles. The van der Waals surface area contributed by atoms with Crippen LogP contribution in [0.25, 0.3) is 0 Å². The Morgan fingerprint density at radius 1 is 1.33 bits per heavy atom.